The van der Waals surface area contributed by atoms with E-state index in [0.29, 0.717) is 11.4 Å². The van der Waals surface area contributed by atoms with Crippen molar-refractivity contribution in [3.63, 3.8) is 0 Å². The van der Waals surface area contributed by atoms with Crippen molar-refractivity contribution in [3.8, 4) is 34.3 Å². The van der Waals surface area contributed by atoms with Gasteiger partial charge in [-0.25, -0.2) is 4.98 Å². The van der Waals surface area contributed by atoms with Gasteiger partial charge in [0.15, 0.2) is 0 Å². The summed E-state index contributed by atoms with van der Waals surface area (Å²) in [6, 6.07) is 28.4. The molecule has 26 heavy (non-hydrogen) atoms. The standard InChI is InChI=1S/C23H16N2O/c1-26-23-21(15-24)20(14-22(25-23)17-9-3-2-4-10-17)19-13-7-11-16-8-5-6-12-18(16)19/h2-14H,1H3. The van der Waals surface area contributed by atoms with E-state index in [0.717, 1.165) is 33.2 Å². The minimum absolute atomic E-state index is 0.344. The Bertz CT molecular complexity index is 1120. The lowest BCUT2D eigenvalue weighted by atomic mass is 9.94. The second-order valence-electron chi connectivity index (χ2n) is 5.94. The zero-order valence-corrected chi connectivity index (χ0v) is 14.3. The molecule has 4 rings (SSSR count). The molecule has 0 atom stereocenters. The summed E-state index contributed by atoms with van der Waals surface area (Å²) < 4.78 is 5.44. The molecule has 124 valence electrons. The Kier molecular flexibility index (Phi) is 4.09. The Morgan fingerprint density at radius 2 is 1.58 bits per heavy atom. The van der Waals surface area contributed by atoms with Crippen LogP contribution < -0.4 is 4.74 Å². The number of pyridine rings is 1. The molecule has 0 fully saturated rings. The van der Waals surface area contributed by atoms with E-state index in [4.69, 9.17) is 4.74 Å². The second-order valence-corrected chi connectivity index (χ2v) is 5.94. The molecule has 0 unspecified atom stereocenters. The first-order valence-corrected chi connectivity index (χ1v) is 8.34. The summed E-state index contributed by atoms with van der Waals surface area (Å²) in [5.74, 6) is 0.344. The third kappa shape index (κ3) is 2.68. The van der Waals surface area contributed by atoms with Gasteiger partial charge in [0.25, 0.3) is 0 Å². The van der Waals surface area contributed by atoms with Gasteiger partial charge in [-0.2, -0.15) is 5.26 Å². The van der Waals surface area contributed by atoms with E-state index in [-0.39, 0.29) is 0 Å². The van der Waals surface area contributed by atoms with Crippen LogP contribution in [0, 0.1) is 11.3 Å². The monoisotopic (exact) mass is 336 g/mol. The average molecular weight is 336 g/mol. The fourth-order valence-corrected chi connectivity index (χ4v) is 3.21. The third-order valence-corrected chi connectivity index (χ3v) is 4.44. The lowest BCUT2D eigenvalue weighted by molar-refractivity contribution is 0.397. The molecule has 0 aliphatic carbocycles. The maximum Gasteiger partial charge on any atom is 0.232 e. The van der Waals surface area contributed by atoms with E-state index in [1.807, 2.05) is 60.7 Å². The molecule has 0 radical (unpaired) electrons. The number of hydrogen-bond acceptors (Lipinski definition) is 3. The molecule has 0 saturated carbocycles. The van der Waals surface area contributed by atoms with Crippen LogP contribution in [0.4, 0.5) is 0 Å². The largest absolute Gasteiger partial charge is 0.480 e. The van der Waals surface area contributed by atoms with Crippen molar-refractivity contribution in [2.24, 2.45) is 0 Å². The third-order valence-electron chi connectivity index (χ3n) is 4.44. The summed E-state index contributed by atoms with van der Waals surface area (Å²) in [7, 11) is 1.55. The summed E-state index contributed by atoms with van der Waals surface area (Å²) in [6.07, 6.45) is 0. The van der Waals surface area contributed by atoms with Crippen molar-refractivity contribution in [2.45, 2.75) is 0 Å². The Morgan fingerprint density at radius 1 is 0.846 bits per heavy atom. The van der Waals surface area contributed by atoms with Crippen molar-refractivity contribution in [3.05, 3.63) is 84.4 Å². The van der Waals surface area contributed by atoms with Gasteiger partial charge in [-0.05, 0) is 22.4 Å². The zero-order chi connectivity index (χ0) is 17.9. The van der Waals surface area contributed by atoms with Crippen LogP contribution in [0.25, 0.3) is 33.2 Å². The molecule has 3 heteroatoms. The van der Waals surface area contributed by atoms with Gasteiger partial charge in [0, 0.05) is 11.1 Å². The van der Waals surface area contributed by atoms with Crippen LogP contribution >= 0.6 is 0 Å². The Hall–Kier alpha value is -3.64. The summed E-state index contributed by atoms with van der Waals surface area (Å²) in [4.78, 5) is 4.55. The predicted octanol–water partition coefficient (Wildman–Crippen LogP) is 5.45. The van der Waals surface area contributed by atoms with Gasteiger partial charge in [-0.3, -0.25) is 0 Å². The van der Waals surface area contributed by atoms with E-state index in [1.165, 1.54) is 0 Å². The van der Waals surface area contributed by atoms with E-state index in [2.05, 4.69) is 29.3 Å². The molecular formula is C23H16N2O. The van der Waals surface area contributed by atoms with E-state index >= 15 is 0 Å². The van der Waals surface area contributed by atoms with Gasteiger partial charge in [0.2, 0.25) is 5.88 Å². The summed E-state index contributed by atoms with van der Waals surface area (Å²) in [5, 5.41) is 12.0. The van der Waals surface area contributed by atoms with Crippen LogP contribution in [0.5, 0.6) is 5.88 Å². The lowest BCUT2D eigenvalue weighted by Crippen LogP contribution is -1.98. The summed E-state index contributed by atoms with van der Waals surface area (Å²) >= 11 is 0. The van der Waals surface area contributed by atoms with Crippen molar-refractivity contribution < 1.29 is 4.74 Å². The molecule has 0 spiro atoms. The normalized spacial score (nSPS) is 10.5. The smallest absolute Gasteiger partial charge is 0.232 e. The number of rotatable bonds is 3. The zero-order valence-electron chi connectivity index (χ0n) is 14.3. The molecule has 3 aromatic carbocycles. The number of ether oxygens (including phenoxy) is 1. The minimum Gasteiger partial charge on any atom is -0.480 e. The van der Waals surface area contributed by atoms with Crippen LogP contribution in [0.2, 0.25) is 0 Å². The van der Waals surface area contributed by atoms with E-state index in [1.54, 1.807) is 7.11 Å². The molecule has 3 nitrogen and oxygen atoms in total. The van der Waals surface area contributed by atoms with Crippen LogP contribution in [-0.2, 0) is 0 Å². The van der Waals surface area contributed by atoms with Crippen LogP contribution in [0.3, 0.4) is 0 Å². The molecular weight excluding hydrogens is 320 g/mol. The first-order chi connectivity index (χ1) is 12.8. The second kappa shape index (κ2) is 6.70. The van der Waals surface area contributed by atoms with Gasteiger partial charge in [-0.15, -0.1) is 0 Å². The van der Waals surface area contributed by atoms with Crippen molar-refractivity contribution in [1.82, 2.24) is 4.98 Å². The number of nitriles is 1. The lowest BCUT2D eigenvalue weighted by Gasteiger charge is -2.13. The number of benzene rings is 3. The van der Waals surface area contributed by atoms with Crippen LogP contribution in [0.15, 0.2) is 78.9 Å². The molecule has 0 aliphatic heterocycles. The van der Waals surface area contributed by atoms with Crippen molar-refractivity contribution >= 4 is 10.8 Å². The predicted molar refractivity (Wildman–Crippen MR) is 104 cm³/mol. The molecule has 0 N–H and O–H groups in total. The van der Waals surface area contributed by atoms with Gasteiger partial charge >= 0.3 is 0 Å². The highest BCUT2D eigenvalue weighted by Crippen LogP contribution is 2.36. The quantitative estimate of drug-likeness (QED) is 0.500. The molecule has 0 amide bonds. The summed E-state index contributed by atoms with van der Waals surface area (Å²) in [5.41, 5.74) is 4.04. The highest BCUT2D eigenvalue weighted by Gasteiger charge is 2.17. The number of methoxy groups -OCH3 is 1. The topological polar surface area (TPSA) is 45.9 Å². The number of fused-ring (bicyclic) bond motifs is 1. The van der Waals surface area contributed by atoms with Gasteiger partial charge in [0.05, 0.1) is 12.8 Å². The molecule has 1 aromatic heterocycles. The van der Waals surface area contributed by atoms with Gasteiger partial charge in [0.1, 0.15) is 11.6 Å². The van der Waals surface area contributed by atoms with Crippen molar-refractivity contribution in [1.29, 1.82) is 5.26 Å². The number of aromatic nitrogens is 1. The van der Waals surface area contributed by atoms with E-state index < -0.39 is 0 Å². The van der Waals surface area contributed by atoms with Crippen LogP contribution in [-0.4, -0.2) is 12.1 Å². The van der Waals surface area contributed by atoms with E-state index in [9.17, 15) is 5.26 Å². The molecule has 1 heterocycles. The fourth-order valence-electron chi connectivity index (χ4n) is 3.21. The Balaban J connectivity index is 2.05. The van der Waals surface area contributed by atoms with Gasteiger partial charge < -0.3 is 4.74 Å². The first kappa shape index (κ1) is 15.9. The molecule has 0 bridgehead atoms. The minimum atomic E-state index is 0.344. The maximum atomic E-state index is 9.76. The highest BCUT2D eigenvalue weighted by molar-refractivity contribution is 5.98. The highest BCUT2D eigenvalue weighted by atomic mass is 16.5. The maximum absolute atomic E-state index is 9.76. The fraction of sp³-hybridized carbons (Fsp3) is 0.0435. The Labute approximate surface area is 152 Å². The number of nitrogens with zero attached hydrogens (tertiary/aromatic N) is 2. The number of hydrogen-bond donors (Lipinski definition) is 0. The SMILES string of the molecule is COc1nc(-c2ccccc2)cc(-c2cccc3ccccc23)c1C#N. The van der Waals surface area contributed by atoms with Crippen molar-refractivity contribution in [2.75, 3.05) is 7.11 Å². The average Bonchev–Trinajstić information content (AvgIpc) is 2.73. The van der Waals surface area contributed by atoms with Crippen LogP contribution in [0.1, 0.15) is 5.56 Å². The molecule has 0 saturated heterocycles. The first-order valence-electron chi connectivity index (χ1n) is 8.34. The molecule has 0 aliphatic rings. The summed E-state index contributed by atoms with van der Waals surface area (Å²) in [6.45, 7) is 0. The Morgan fingerprint density at radius 3 is 2.35 bits per heavy atom. The van der Waals surface area contributed by atoms with Gasteiger partial charge in [-0.1, -0.05) is 72.8 Å². The molecule has 4 aromatic rings.